The van der Waals surface area contributed by atoms with Gasteiger partial charge in [-0.25, -0.2) is 4.79 Å². The largest absolute Gasteiger partial charge is 0.490 e. The number of aromatic nitrogens is 1. The number of hydrogen-bond donors (Lipinski definition) is 0. The lowest BCUT2D eigenvalue weighted by Gasteiger charge is -2.07. The van der Waals surface area contributed by atoms with Gasteiger partial charge < -0.3 is 9.15 Å². The lowest BCUT2D eigenvalue weighted by Crippen LogP contribution is -2.18. The average Bonchev–Trinajstić information content (AvgIpc) is 2.77. The van der Waals surface area contributed by atoms with Crippen LogP contribution in [-0.4, -0.2) is 11.2 Å². The minimum absolute atomic E-state index is 0.340. The molecule has 0 aliphatic heterocycles. The zero-order chi connectivity index (χ0) is 13.9. The van der Waals surface area contributed by atoms with E-state index in [9.17, 15) is 4.79 Å². The Labute approximate surface area is 120 Å². The highest BCUT2D eigenvalue weighted by Gasteiger charge is 2.08. The maximum Gasteiger partial charge on any atom is 0.420 e. The van der Waals surface area contributed by atoms with Gasteiger partial charge in [0.05, 0.1) is 17.1 Å². The molecule has 102 valence electrons. The fourth-order valence-corrected chi connectivity index (χ4v) is 2.22. The average molecular weight is 290 g/mol. The predicted molar refractivity (Wildman–Crippen MR) is 77.4 cm³/mol. The van der Waals surface area contributed by atoms with E-state index in [2.05, 4.69) is 0 Å². The topological polar surface area (TPSA) is 44.4 Å². The van der Waals surface area contributed by atoms with Crippen LogP contribution in [0.3, 0.4) is 0 Å². The SMILES string of the molecule is O=c1oc2ccccc2n1CCOc1ccccc1Cl. The van der Waals surface area contributed by atoms with E-state index in [-0.39, 0.29) is 5.76 Å². The number of rotatable bonds is 4. The number of halogens is 1. The molecule has 0 amide bonds. The summed E-state index contributed by atoms with van der Waals surface area (Å²) in [7, 11) is 0. The lowest BCUT2D eigenvalue weighted by molar-refractivity contribution is 0.294. The van der Waals surface area contributed by atoms with Crippen molar-refractivity contribution < 1.29 is 9.15 Å². The molecule has 0 aliphatic rings. The molecule has 0 fully saturated rings. The highest BCUT2D eigenvalue weighted by Crippen LogP contribution is 2.23. The van der Waals surface area contributed by atoms with Gasteiger partial charge >= 0.3 is 5.76 Å². The summed E-state index contributed by atoms with van der Waals surface area (Å²) in [5, 5.41) is 0.553. The predicted octanol–water partition coefficient (Wildman–Crippen LogP) is 3.33. The van der Waals surface area contributed by atoms with E-state index in [1.165, 1.54) is 0 Å². The second-order valence-electron chi connectivity index (χ2n) is 4.27. The second kappa shape index (κ2) is 5.43. The highest BCUT2D eigenvalue weighted by molar-refractivity contribution is 6.32. The second-order valence-corrected chi connectivity index (χ2v) is 4.67. The molecule has 0 aliphatic carbocycles. The molecule has 3 aromatic rings. The van der Waals surface area contributed by atoms with Crippen LogP contribution in [0.25, 0.3) is 11.1 Å². The molecule has 4 nitrogen and oxygen atoms in total. The summed E-state index contributed by atoms with van der Waals surface area (Å²) in [6, 6.07) is 14.5. The van der Waals surface area contributed by atoms with Crippen LogP contribution >= 0.6 is 11.6 Å². The van der Waals surface area contributed by atoms with Crippen LogP contribution in [0.15, 0.2) is 57.7 Å². The first-order valence-electron chi connectivity index (χ1n) is 6.21. The van der Waals surface area contributed by atoms with Crippen LogP contribution in [-0.2, 0) is 6.54 Å². The summed E-state index contributed by atoms with van der Waals surface area (Å²) in [5.41, 5.74) is 1.34. The van der Waals surface area contributed by atoms with E-state index in [0.29, 0.717) is 29.5 Å². The molecule has 1 heterocycles. The highest BCUT2D eigenvalue weighted by atomic mass is 35.5. The van der Waals surface area contributed by atoms with Crippen LogP contribution in [0, 0.1) is 0 Å². The van der Waals surface area contributed by atoms with Gasteiger partial charge in [0.25, 0.3) is 0 Å². The molecule has 0 atom stereocenters. The molecule has 2 aromatic carbocycles. The fraction of sp³-hybridized carbons (Fsp3) is 0.133. The van der Waals surface area contributed by atoms with Crippen LogP contribution < -0.4 is 10.5 Å². The van der Waals surface area contributed by atoms with Gasteiger partial charge in [0.1, 0.15) is 12.4 Å². The summed E-state index contributed by atoms with van der Waals surface area (Å²) in [6.07, 6.45) is 0. The Kier molecular flexibility index (Phi) is 3.48. The summed E-state index contributed by atoms with van der Waals surface area (Å²) < 4.78 is 12.3. The first kappa shape index (κ1) is 12.8. The van der Waals surface area contributed by atoms with Crippen LogP contribution in [0.2, 0.25) is 5.02 Å². The van der Waals surface area contributed by atoms with Crippen molar-refractivity contribution in [1.29, 1.82) is 0 Å². The van der Waals surface area contributed by atoms with E-state index in [1.54, 1.807) is 22.8 Å². The Morgan fingerprint density at radius 2 is 1.85 bits per heavy atom. The van der Waals surface area contributed by atoms with Crippen molar-refractivity contribution >= 4 is 22.7 Å². The van der Waals surface area contributed by atoms with E-state index in [4.69, 9.17) is 20.8 Å². The van der Waals surface area contributed by atoms with Crippen molar-refractivity contribution in [2.24, 2.45) is 0 Å². The zero-order valence-electron chi connectivity index (χ0n) is 10.6. The number of oxazole rings is 1. The third-order valence-electron chi connectivity index (χ3n) is 2.98. The third-order valence-corrected chi connectivity index (χ3v) is 3.30. The Balaban J connectivity index is 1.76. The number of hydrogen-bond acceptors (Lipinski definition) is 3. The quantitative estimate of drug-likeness (QED) is 0.740. The number of nitrogens with zero attached hydrogens (tertiary/aromatic N) is 1. The summed E-state index contributed by atoms with van der Waals surface area (Å²) >= 11 is 6.00. The number of ether oxygens (including phenoxy) is 1. The first-order chi connectivity index (χ1) is 9.75. The van der Waals surface area contributed by atoms with Crippen molar-refractivity contribution in [2.45, 2.75) is 6.54 Å². The fourth-order valence-electron chi connectivity index (χ4n) is 2.03. The molecule has 0 radical (unpaired) electrons. The van der Waals surface area contributed by atoms with Crippen LogP contribution in [0.5, 0.6) is 5.75 Å². The van der Waals surface area contributed by atoms with E-state index in [1.807, 2.05) is 30.3 Å². The Hall–Kier alpha value is -2.20. The van der Waals surface area contributed by atoms with Crippen molar-refractivity contribution in [2.75, 3.05) is 6.61 Å². The molecule has 0 spiro atoms. The molecule has 3 rings (SSSR count). The minimum Gasteiger partial charge on any atom is -0.490 e. The zero-order valence-corrected chi connectivity index (χ0v) is 11.3. The van der Waals surface area contributed by atoms with Gasteiger partial charge in [-0.3, -0.25) is 4.57 Å². The lowest BCUT2D eigenvalue weighted by atomic mass is 10.3. The van der Waals surface area contributed by atoms with Gasteiger partial charge in [0, 0.05) is 0 Å². The van der Waals surface area contributed by atoms with Crippen molar-refractivity contribution in [3.8, 4) is 5.75 Å². The smallest absolute Gasteiger partial charge is 0.420 e. The standard InChI is InChI=1S/C15H12ClNO3/c16-11-5-1-3-7-13(11)19-10-9-17-12-6-2-4-8-14(12)20-15(17)18/h1-8H,9-10H2. The van der Waals surface area contributed by atoms with Gasteiger partial charge in [0.2, 0.25) is 0 Å². The molecule has 0 unspecified atom stereocenters. The first-order valence-corrected chi connectivity index (χ1v) is 6.59. The number of benzene rings is 2. The van der Waals surface area contributed by atoms with Gasteiger partial charge in [-0.2, -0.15) is 0 Å². The van der Waals surface area contributed by atoms with Crippen molar-refractivity contribution in [3.05, 3.63) is 64.1 Å². The summed E-state index contributed by atoms with van der Waals surface area (Å²) in [4.78, 5) is 11.8. The van der Waals surface area contributed by atoms with Gasteiger partial charge in [0.15, 0.2) is 5.58 Å². The molecule has 0 N–H and O–H groups in total. The van der Waals surface area contributed by atoms with E-state index < -0.39 is 0 Å². The Bertz CT molecular complexity index is 791. The normalized spacial score (nSPS) is 10.8. The molecule has 20 heavy (non-hydrogen) atoms. The molecular formula is C15H12ClNO3. The minimum atomic E-state index is -0.381. The monoisotopic (exact) mass is 289 g/mol. The van der Waals surface area contributed by atoms with Crippen molar-refractivity contribution in [1.82, 2.24) is 4.57 Å². The number of para-hydroxylation sites is 3. The van der Waals surface area contributed by atoms with Crippen molar-refractivity contribution in [3.63, 3.8) is 0 Å². The molecular weight excluding hydrogens is 278 g/mol. The molecule has 5 heteroatoms. The van der Waals surface area contributed by atoms with E-state index in [0.717, 1.165) is 5.52 Å². The van der Waals surface area contributed by atoms with E-state index >= 15 is 0 Å². The summed E-state index contributed by atoms with van der Waals surface area (Å²) in [6.45, 7) is 0.744. The number of fused-ring (bicyclic) bond motifs is 1. The maximum atomic E-state index is 11.8. The maximum absolute atomic E-state index is 11.8. The van der Waals surface area contributed by atoms with Gasteiger partial charge in [-0.05, 0) is 24.3 Å². The van der Waals surface area contributed by atoms with Crippen LogP contribution in [0.1, 0.15) is 0 Å². The van der Waals surface area contributed by atoms with Crippen LogP contribution in [0.4, 0.5) is 0 Å². The molecule has 0 saturated carbocycles. The Morgan fingerprint density at radius 3 is 2.70 bits per heavy atom. The molecule has 0 saturated heterocycles. The molecule has 1 aromatic heterocycles. The molecule has 0 bridgehead atoms. The van der Waals surface area contributed by atoms with Gasteiger partial charge in [-0.15, -0.1) is 0 Å². The summed E-state index contributed by atoms with van der Waals surface area (Å²) in [5.74, 6) is 0.226. The van der Waals surface area contributed by atoms with Gasteiger partial charge in [-0.1, -0.05) is 35.9 Å². The third kappa shape index (κ3) is 2.42. The Morgan fingerprint density at radius 1 is 1.10 bits per heavy atom.